The number of sulfonamides is 1. The lowest BCUT2D eigenvalue weighted by Crippen LogP contribution is -2.45. The van der Waals surface area contributed by atoms with Gasteiger partial charge in [-0.3, -0.25) is 9.10 Å². The maximum Gasteiger partial charge on any atom is 0.338 e. The van der Waals surface area contributed by atoms with E-state index in [0.717, 1.165) is 10.6 Å². The van der Waals surface area contributed by atoms with Crippen LogP contribution in [0.4, 0.5) is 11.4 Å². The third-order valence-corrected chi connectivity index (χ3v) is 6.11. The molecule has 0 bridgehead atoms. The van der Waals surface area contributed by atoms with Gasteiger partial charge in [0, 0.05) is 11.8 Å². The van der Waals surface area contributed by atoms with E-state index in [1.165, 1.54) is 20.1 Å². The molecule has 0 saturated carbocycles. The Kier molecular flexibility index (Phi) is 6.40. The molecule has 0 radical (unpaired) electrons. The summed E-state index contributed by atoms with van der Waals surface area (Å²) in [5, 5.41) is 2.71. The lowest BCUT2D eigenvalue weighted by atomic mass is 10.1. The Morgan fingerprint density at radius 1 is 1.13 bits per heavy atom. The molecule has 1 aliphatic rings. The minimum Gasteiger partial charge on any atom is -0.486 e. The first-order chi connectivity index (χ1) is 14.6. The number of hydrogen-bond donors (Lipinski definition) is 1. The van der Waals surface area contributed by atoms with Gasteiger partial charge < -0.3 is 19.5 Å². The van der Waals surface area contributed by atoms with Crippen molar-refractivity contribution in [3.63, 3.8) is 0 Å². The van der Waals surface area contributed by atoms with Crippen molar-refractivity contribution < 1.29 is 32.2 Å². The van der Waals surface area contributed by atoms with Crippen molar-refractivity contribution in [2.45, 2.75) is 19.9 Å². The van der Waals surface area contributed by atoms with Gasteiger partial charge in [-0.15, -0.1) is 0 Å². The van der Waals surface area contributed by atoms with Gasteiger partial charge in [0.1, 0.15) is 19.3 Å². The maximum atomic E-state index is 13.0. The molecule has 166 valence electrons. The standard InChI is InChI=1S/C21H24N2O7S/c1-13-16(21(25)28-3)6-5-7-17(13)22-20(24)14(2)23(31(4,26)27)15-8-9-18-19(12-15)30-11-10-29-18/h5-9,12,14H,10-11H2,1-4H3,(H,22,24)/t14-/m1/s1. The Balaban J connectivity index is 1.90. The van der Waals surface area contributed by atoms with Crippen molar-refractivity contribution in [1.29, 1.82) is 0 Å². The van der Waals surface area contributed by atoms with Crippen LogP contribution in [0.2, 0.25) is 0 Å². The minimum atomic E-state index is -3.81. The van der Waals surface area contributed by atoms with Gasteiger partial charge in [-0.2, -0.15) is 0 Å². The molecule has 0 saturated heterocycles. The number of methoxy groups -OCH3 is 1. The smallest absolute Gasteiger partial charge is 0.338 e. The van der Waals surface area contributed by atoms with Gasteiger partial charge >= 0.3 is 5.97 Å². The Morgan fingerprint density at radius 2 is 1.81 bits per heavy atom. The Bertz CT molecular complexity index is 1110. The van der Waals surface area contributed by atoms with Gasteiger partial charge in [0.25, 0.3) is 0 Å². The lowest BCUT2D eigenvalue weighted by molar-refractivity contribution is -0.116. The fraction of sp³-hybridized carbons (Fsp3) is 0.333. The molecule has 2 aromatic carbocycles. The van der Waals surface area contributed by atoms with E-state index < -0.39 is 27.9 Å². The van der Waals surface area contributed by atoms with Crippen molar-refractivity contribution in [1.82, 2.24) is 0 Å². The largest absolute Gasteiger partial charge is 0.486 e. The average Bonchev–Trinajstić information content (AvgIpc) is 2.73. The van der Waals surface area contributed by atoms with Crippen molar-refractivity contribution in [3.05, 3.63) is 47.5 Å². The highest BCUT2D eigenvalue weighted by molar-refractivity contribution is 7.92. The average molecular weight is 448 g/mol. The molecular weight excluding hydrogens is 424 g/mol. The topological polar surface area (TPSA) is 111 Å². The molecule has 10 heteroatoms. The first kappa shape index (κ1) is 22.4. The molecule has 0 aromatic heterocycles. The molecule has 1 heterocycles. The Hall–Kier alpha value is -3.27. The van der Waals surface area contributed by atoms with Gasteiger partial charge in [0.2, 0.25) is 15.9 Å². The SMILES string of the molecule is COC(=O)c1cccc(NC(=O)[C@@H](C)N(c2ccc3c(c2)OCCO3)S(C)(=O)=O)c1C. The van der Waals surface area contributed by atoms with Gasteiger partial charge in [0.15, 0.2) is 11.5 Å². The van der Waals surface area contributed by atoms with Crippen molar-refractivity contribution >= 4 is 33.3 Å². The van der Waals surface area contributed by atoms with Crippen LogP contribution in [0.1, 0.15) is 22.8 Å². The summed E-state index contributed by atoms with van der Waals surface area (Å²) < 4.78 is 41.9. The number of fused-ring (bicyclic) bond motifs is 1. The highest BCUT2D eigenvalue weighted by Crippen LogP contribution is 2.35. The number of ether oxygens (including phenoxy) is 3. The zero-order chi connectivity index (χ0) is 22.8. The fourth-order valence-electron chi connectivity index (χ4n) is 3.32. The second-order valence-electron chi connectivity index (χ2n) is 7.02. The van der Waals surface area contributed by atoms with E-state index in [0.29, 0.717) is 41.5 Å². The monoisotopic (exact) mass is 448 g/mol. The first-order valence-electron chi connectivity index (χ1n) is 9.51. The number of nitrogens with one attached hydrogen (secondary N) is 1. The maximum absolute atomic E-state index is 13.0. The molecule has 0 spiro atoms. The first-order valence-corrected chi connectivity index (χ1v) is 11.4. The molecule has 1 N–H and O–H groups in total. The van der Waals surface area contributed by atoms with E-state index in [1.807, 2.05) is 0 Å². The highest BCUT2D eigenvalue weighted by Gasteiger charge is 2.30. The van der Waals surface area contributed by atoms with E-state index in [9.17, 15) is 18.0 Å². The fourth-order valence-corrected chi connectivity index (χ4v) is 4.48. The highest BCUT2D eigenvalue weighted by atomic mass is 32.2. The zero-order valence-electron chi connectivity index (χ0n) is 17.7. The predicted molar refractivity (Wildman–Crippen MR) is 115 cm³/mol. The number of carbonyl (C=O) groups excluding carboxylic acids is 2. The normalized spacial score (nSPS) is 13.8. The predicted octanol–water partition coefficient (Wildman–Crippen LogP) is 2.35. The quantitative estimate of drug-likeness (QED) is 0.675. The molecule has 9 nitrogen and oxygen atoms in total. The van der Waals surface area contributed by atoms with Crippen molar-refractivity contribution in [3.8, 4) is 11.5 Å². The Morgan fingerprint density at radius 3 is 2.45 bits per heavy atom. The Labute approximate surface area is 181 Å². The zero-order valence-corrected chi connectivity index (χ0v) is 18.5. The molecular formula is C21H24N2O7S. The van der Waals surface area contributed by atoms with Gasteiger partial charge in [-0.25, -0.2) is 13.2 Å². The van der Waals surface area contributed by atoms with Crippen LogP contribution in [0.5, 0.6) is 11.5 Å². The molecule has 1 aliphatic heterocycles. The summed E-state index contributed by atoms with van der Waals surface area (Å²) in [5.41, 5.74) is 1.48. The van der Waals surface area contributed by atoms with Crippen LogP contribution in [0.3, 0.4) is 0 Å². The number of hydrogen-bond acceptors (Lipinski definition) is 7. The number of amides is 1. The van der Waals surface area contributed by atoms with E-state index in [1.54, 1.807) is 37.3 Å². The molecule has 2 aromatic rings. The van der Waals surface area contributed by atoms with Crippen LogP contribution >= 0.6 is 0 Å². The van der Waals surface area contributed by atoms with E-state index >= 15 is 0 Å². The molecule has 3 rings (SSSR count). The summed E-state index contributed by atoms with van der Waals surface area (Å²) >= 11 is 0. The molecule has 31 heavy (non-hydrogen) atoms. The van der Waals surface area contributed by atoms with E-state index in [4.69, 9.17) is 14.2 Å². The summed E-state index contributed by atoms with van der Waals surface area (Å²) in [6.07, 6.45) is 1.02. The van der Waals surface area contributed by atoms with Gasteiger partial charge in [0.05, 0.1) is 24.6 Å². The van der Waals surface area contributed by atoms with Gasteiger partial charge in [-0.1, -0.05) is 6.07 Å². The lowest BCUT2D eigenvalue weighted by Gasteiger charge is -2.29. The molecule has 1 atom stereocenters. The van der Waals surface area contributed by atoms with Crippen LogP contribution in [-0.4, -0.2) is 52.9 Å². The number of benzene rings is 2. The van der Waals surface area contributed by atoms with Crippen LogP contribution in [0, 0.1) is 6.92 Å². The number of nitrogens with zero attached hydrogens (tertiary/aromatic N) is 1. The number of esters is 1. The molecule has 0 unspecified atom stereocenters. The summed E-state index contributed by atoms with van der Waals surface area (Å²) in [7, 11) is -2.54. The number of rotatable bonds is 6. The second-order valence-corrected chi connectivity index (χ2v) is 8.88. The van der Waals surface area contributed by atoms with Crippen LogP contribution in [-0.2, 0) is 19.6 Å². The van der Waals surface area contributed by atoms with E-state index in [-0.39, 0.29) is 5.69 Å². The van der Waals surface area contributed by atoms with Crippen molar-refractivity contribution in [2.24, 2.45) is 0 Å². The van der Waals surface area contributed by atoms with Crippen LogP contribution in [0.25, 0.3) is 0 Å². The molecule has 0 fully saturated rings. The molecule has 1 amide bonds. The molecule has 0 aliphatic carbocycles. The van der Waals surface area contributed by atoms with Crippen LogP contribution in [0.15, 0.2) is 36.4 Å². The summed E-state index contributed by atoms with van der Waals surface area (Å²) in [6, 6.07) is 8.42. The number of carbonyl (C=O) groups is 2. The third kappa shape index (κ3) is 4.74. The second kappa shape index (κ2) is 8.84. The number of anilines is 2. The van der Waals surface area contributed by atoms with Crippen LogP contribution < -0.4 is 19.1 Å². The van der Waals surface area contributed by atoms with Gasteiger partial charge in [-0.05, 0) is 43.7 Å². The minimum absolute atomic E-state index is 0.273. The summed E-state index contributed by atoms with van der Waals surface area (Å²) in [6.45, 7) is 3.90. The van der Waals surface area contributed by atoms with Crippen molar-refractivity contribution in [2.75, 3.05) is 36.2 Å². The summed E-state index contributed by atoms with van der Waals surface area (Å²) in [4.78, 5) is 24.9. The third-order valence-electron chi connectivity index (χ3n) is 4.87. The van der Waals surface area contributed by atoms with E-state index in [2.05, 4.69) is 5.32 Å². The summed E-state index contributed by atoms with van der Waals surface area (Å²) in [5.74, 6) is -0.177.